The first-order chi connectivity index (χ1) is 37.3. The zero-order valence-corrected chi connectivity index (χ0v) is 52.4. The number of benzene rings is 7. The van der Waals surface area contributed by atoms with E-state index in [1.165, 1.54) is 44.5 Å². The molecular formula is C73H80N5OPt-. The quantitative estimate of drug-likeness (QED) is 0.131. The second-order valence-electron chi connectivity index (χ2n) is 26.3. The van der Waals surface area contributed by atoms with Gasteiger partial charge in [-0.1, -0.05) is 208 Å². The minimum atomic E-state index is -0.354. The van der Waals surface area contributed by atoms with E-state index in [-0.39, 0.29) is 66.7 Å². The molecule has 6 nitrogen and oxygen atoms in total. The van der Waals surface area contributed by atoms with Gasteiger partial charge in [-0.25, -0.2) is 4.98 Å². The Bertz CT molecular complexity index is 3850. The van der Waals surface area contributed by atoms with Gasteiger partial charge in [-0.15, -0.1) is 29.3 Å². The zero-order valence-electron chi connectivity index (χ0n) is 50.2. The molecule has 0 fully saturated rings. The summed E-state index contributed by atoms with van der Waals surface area (Å²) in [5, 5.41) is 12.9. The van der Waals surface area contributed by atoms with Crippen molar-refractivity contribution in [2.45, 2.75) is 158 Å². The van der Waals surface area contributed by atoms with Gasteiger partial charge in [0.15, 0.2) is 0 Å². The van der Waals surface area contributed by atoms with Crippen molar-refractivity contribution < 1.29 is 26.2 Å². The summed E-state index contributed by atoms with van der Waals surface area (Å²) in [4.78, 5) is 16.0. The maximum Gasteiger partial charge on any atom is 0.148 e. The van der Waals surface area contributed by atoms with Crippen LogP contribution >= 0.6 is 0 Å². The molecule has 0 aliphatic heterocycles. The molecule has 0 amide bonds. The summed E-state index contributed by atoms with van der Waals surface area (Å²) >= 11 is 0. The Labute approximate surface area is 491 Å². The van der Waals surface area contributed by atoms with Crippen molar-refractivity contribution in [3.63, 3.8) is 0 Å². The number of fused-ring (bicyclic) bond motifs is 2. The van der Waals surface area contributed by atoms with Gasteiger partial charge >= 0.3 is 0 Å². The maximum atomic E-state index is 12.9. The van der Waals surface area contributed by atoms with Crippen LogP contribution in [0.2, 0.25) is 0 Å². The Kier molecular flexibility index (Phi) is 15.8. The summed E-state index contributed by atoms with van der Waals surface area (Å²) < 4.78 is 4.77. The second-order valence-corrected chi connectivity index (χ2v) is 26.3. The molecule has 10 rings (SSSR count). The molecule has 0 saturated carbocycles. The molecule has 1 N–H and O–H groups in total. The normalized spacial score (nSPS) is 12.5. The SMILES string of the molecule is CC(C)c1cc(-c2ccccc2)cc(C(C)C)c1-n1c(-c2[c-]c(-c3cccc4c3nc(-c3cc(C(C)(C)C)cc(C(C)(C)C)c3O)n4-c3c(C(C)C)cc(-c4ccccc4)cc3C(C)C)cc(C(C)(C)C)c2)nc2cnccc21.[Pt]. The largest absolute Gasteiger partial charge is 0.507 e. The average Bonchev–Trinajstić information content (AvgIpc) is 4.05. The molecule has 7 heteroatoms. The third-order valence-electron chi connectivity index (χ3n) is 15.9. The van der Waals surface area contributed by atoms with Gasteiger partial charge in [0, 0.05) is 38.5 Å². The number of pyridine rings is 1. The first kappa shape index (κ1) is 57.8. The Morgan fingerprint density at radius 1 is 0.450 bits per heavy atom. The molecule has 0 spiro atoms. The molecule has 0 atom stereocenters. The number of para-hydroxylation sites is 1. The minimum Gasteiger partial charge on any atom is -0.507 e. The van der Waals surface area contributed by atoms with Crippen LogP contribution in [0.5, 0.6) is 5.75 Å². The van der Waals surface area contributed by atoms with Crippen LogP contribution in [0.1, 0.15) is 180 Å². The van der Waals surface area contributed by atoms with Crippen molar-refractivity contribution in [2.75, 3.05) is 0 Å². The molecule has 0 aliphatic carbocycles. The van der Waals surface area contributed by atoms with Crippen LogP contribution in [0, 0.1) is 6.07 Å². The fourth-order valence-corrected chi connectivity index (χ4v) is 11.4. The molecule has 7 aromatic carbocycles. The molecule has 80 heavy (non-hydrogen) atoms. The van der Waals surface area contributed by atoms with Gasteiger partial charge < -0.3 is 9.67 Å². The van der Waals surface area contributed by atoms with Crippen molar-refractivity contribution in [1.29, 1.82) is 0 Å². The third kappa shape index (κ3) is 10.8. The molecule has 0 aliphatic rings. The summed E-state index contributed by atoms with van der Waals surface area (Å²) in [5.41, 5.74) is 21.4. The smallest absolute Gasteiger partial charge is 0.148 e. The van der Waals surface area contributed by atoms with Gasteiger partial charge in [0.25, 0.3) is 0 Å². The van der Waals surface area contributed by atoms with Crippen molar-refractivity contribution in [2.24, 2.45) is 0 Å². The summed E-state index contributed by atoms with van der Waals surface area (Å²) in [6.07, 6.45) is 3.77. The summed E-state index contributed by atoms with van der Waals surface area (Å²) in [6, 6.07) is 52.7. The molecule has 0 unspecified atom stereocenters. The third-order valence-corrected chi connectivity index (χ3v) is 15.9. The van der Waals surface area contributed by atoms with Crippen LogP contribution in [-0.4, -0.2) is 29.2 Å². The number of hydrogen-bond acceptors (Lipinski definition) is 4. The van der Waals surface area contributed by atoms with E-state index in [1.807, 2.05) is 12.4 Å². The molecule has 10 aromatic rings. The van der Waals surface area contributed by atoms with Gasteiger partial charge in [0.2, 0.25) is 0 Å². The van der Waals surface area contributed by atoms with E-state index in [4.69, 9.17) is 9.97 Å². The number of phenolic OH excluding ortho intramolecular Hbond substituents is 1. The summed E-state index contributed by atoms with van der Waals surface area (Å²) in [6.45, 7) is 38.5. The zero-order chi connectivity index (χ0) is 56.6. The average molecular weight is 1240 g/mol. The van der Waals surface area contributed by atoms with E-state index in [9.17, 15) is 5.11 Å². The van der Waals surface area contributed by atoms with Crippen LogP contribution < -0.4 is 0 Å². The number of phenols is 1. The Hall–Kier alpha value is -6.88. The van der Waals surface area contributed by atoms with E-state index in [1.54, 1.807) is 0 Å². The molecule has 0 bridgehead atoms. The van der Waals surface area contributed by atoms with Gasteiger partial charge in [0.05, 0.1) is 45.3 Å². The predicted octanol–water partition coefficient (Wildman–Crippen LogP) is 20.0. The van der Waals surface area contributed by atoms with Crippen LogP contribution in [0.15, 0.2) is 146 Å². The van der Waals surface area contributed by atoms with E-state index >= 15 is 0 Å². The van der Waals surface area contributed by atoms with Crippen molar-refractivity contribution in [3.05, 3.63) is 191 Å². The van der Waals surface area contributed by atoms with Gasteiger partial charge in [-0.3, -0.25) is 14.5 Å². The molecule has 3 heterocycles. The van der Waals surface area contributed by atoms with E-state index in [0.29, 0.717) is 11.4 Å². The number of imidazole rings is 2. The monoisotopic (exact) mass is 1240 g/mol. The predicted molar refractivity (Wildman–Crippen MR) is 334 cm³/mol. The molecular weight excluding hydrogens is 1160 g/mol. The Balaban J connectivity index is 0.00000774. The van der Waals surface area contributed by atoms with Crippen LogP contribution in [0.3, 0.4) is 0 Å². The topological polar surface area (TPSA) is 68.8 Å². The van der Waals surface area contributed by atoms with Crippen LogP contribution in [0.4, 0.5) is 0 Å². The standard InChI is InChI=1S/C73H80N5O.Pt/c1-43(2)56-36-49(47-25-20-18-21-26-47)37-57(44(3)4)66(56)77-63-31-32-74-42-62(63)75-69(77)52-33-51(34-53(35-52)71(9,10)11)55-29-24-30-64-65(55)76-70(60-40-54(72(12,13)14)41-61(68(60)79)73(15,16)17)78(64)67-58(45(5)6)38-50(39-59(67)46(7)8)48-27-22-19-23-28-48;/h18-32,34-46,79H,1-17H3;/q-1;. The van der Waals surface area contributed by atoms with Crippen molar-refractivity contribution >= 4 is 22.1 Å². The maximum absolute atomic E-state index is 12.9. The molecule has 0 saturated heterocycles. The summed E-state index contributed by atoms with van der Waals surface area (Å²) in [7, 11) is 0. The first-order valence-corrected chi connectivity index (χ1v) is 28.6. The van der Waals surface area contributed by atoms with Crippen molar-refractivity contribution in [1.82, 2.24) is 24.1 Å². The van der Waals surface area contributed by atoms with Gasteiger partial charge in [-0.2, -0.15) is 0 Å². The van der Waals surface area contributed by atoms with E-state index in [2.05, 4.69) is 271 Å². The van der Waals surface area contributed by atoms with Crippen molar-refractivity contribution in [3.8, 4) is 73.3 Å². The van der Waals surface area contributed by atoms with Crippen LogP contribution in [0.25, 0.3) is 89.6 Å². The number of nitrogens with zero attached hydrogens (tertiary/aromatic N) is 5. The second kappa shape index (κ2) is 21.9. The van der Waals surface area contributed by atoms with Gasteiger partial charge in [0.1, 0.15) is 11.6 Å². The number of aromatic hydroxyl groups is 1. The molecule has 0 radical (unpaired) electrons. The fraction of sp³-hybridized carbons (Fsp3) is 0.329. The number of aromatic nitrogens is 5. The molecule has 414 valence electrons. The Morgan fingerprint density at radius 3 is 1.40 bits per heavy atom. The minimum absolute atomic E-state index is 0. The van der Waals surface area contributed by atoms with Crippen LogP contribution in [-0.2, 0) is 37.3 Å². The van der Waals surface area contributed by atoms with E-state index in [0.717, 1.165) is 72.6 Å². The number of hydrogen-bond donors (Lipinski definition) is 1. The summed E-state index contributed by atoms with van der Waals surface area (Å²) in [5.74, 6) is 2.49. The number of rotatable bonds is 11. The van der Waals surface area contributed by atoms with E-state index < -0.39 is 0 Å². The fourth-order valence-electron chi connectivity index (χ4n) is 11.4. The molecule has 3 aromatic heterocycles. The first-order valence-electron chi connectivity index (χ1n) is 28.6. The van der Waals surface area contributed by atoms with Gasteiger partial charge in [-0.05, 0) is 132 Å². The Morgan fingerprint density at radius 2 is 0.925 bits per heavy atom.